The van der Waals surface area contributed by atoms with E-state index in [4.69, 9.17) is 14.3 Å². The van der Waals surface area contributed by atoms with Gasteiger partial charge in [-0.2, -0.15) is 31.0 Å². The Hall–Kier alpha value is -4.22. The minimum atomic E-state index is -4.50. The predicted molar refractivity (Wildman–Crippen MR) is 220 cm³/mol. The second-order valence-corrected chi connectivity index (χ2v) is 21.0. The number of benzene rings is 2. The molecule has 0 spiro atoms. The Kier molecular flexibility index (Phi) is 13.8. The molecule has 0 fully saturated rings. The van der Waals surface area contributed by atoms with Gasteiger partial charge in [-0.1, -0.05) is 52.3 Å². The van der Waals surface area contributed by atoms with Gasteiger partial charge in [0, 0.05) is 64.7 Å². The third-order valence-corrected chi connectivity index (χ3v) is 12.9. The van der Waals surface area contributed by atoms with Crippen LogP contribution in [0.4, 0.5) is 11.4 Å². The molecule has 0 saturated heterocycles. The molecule has 3 aliphatic rings. The topological polar surface area (TPSA) is 216 Å². The highest BCUT2D eigenvalue weighted by atomic mass is 32.2. The molecule has 316 valence electrons. The maximum absolute atomic E-state index is 12.2. The Morgan fingerprint density at radius 1 is 0.966 bits per heavy atom. The van der Waals surface area contributed by atoms with Crippen LogP contribution in [-0.4, -0.2) is 85.5 Å². The fourth-order valence-corrected chi connectivity index (χ4v) is 9.42. The van der Waals surface area contributed by atoms with Crippen LogP contribution < -0.4 is 9.64 Å². The van der Waals surface area contributed by atoms with Gasteiger partial charge in [0.25, 0.3) is 20.2 Å². The molecule has 1 atom stereocenters. The molecule has 0 bridgehead atoms. The summed E-state index contributed by atoms with van der Waals surface area (Å²) in [7, 11) is -13.1. The van der Waals surface area contributed by atoms with E-state index in [2.05, 4.69) is 37.8 Å². The van der Waals surface area contributed by atoms with Crippen molar-refractivity contribution < 1.29 is 57.8 Å². The summed E-state index contributed by atoms with van der Waals surface area (Å²) in [6.07, 6.45) is 11.9. The lowest BCUT2D eigenvalue weighted by Crippen LogP contribution is -2.46. The molecule has 2 aromatic carbocycles. The van der Waals surface area contributed by atoms with Crippen molar-refractivity contribution in [2.75, 3.05) is 29.5 Å². The summed E-state index contributed by atoms with van der Waals surface area (Å²) in [5.74, 6) is 0.442. The van der Waals surface area contributed by atoms with Gasteiger partial charge in [-0.15, -0.1) is 0 Å². The smallest absolute Gasteiger partial charge is 0.373 e. The van der Waals surface area contributed by atoms with Gasteiger partial charge in [0.05, 0.1) is 31.7 Å². The van der Waals surface area contributed by atoms with Crippen LogP contribution in [0.1, 0.15) is 97.8 Å². The fraction of sp³-hybridized carbons (Fsp3) is 0.463. The van der Waals surface area contributed by atoms with E-state index in [0.717, 1.165) is 45.9 Å². The normalized spacial score (nSPS) is 19.7. The zero-order valence-electron chi connectivity index (χ0n) is 34.0. The number of hydrogen-bond acceptors (Lipinski definition) is 11. The van der Waals surface area contributed by atoms with Gasteiger partial charge in [-0.05, 0) is 76.0 Å². The first-order valence-electron chi connectivity index (χ1n) is 18.8. The second kappa shape index (κ2) is 17.2. The summed E-state index contributed by atoms with van der Waals surface area (Å²) >= 11 is 0. The van der Waals surface area contributed by atoms with Gasteiger partial charge >= 0.3 is 6.15 Å². The van der Waals surface area contributed by atoms with Crippen molar-refractivity contribution in [3.8, 4) is 5.75 Å². The highest BCUT2D eigenvalue weighted by molar-refractivity contribution is 7.86. The summed E-state index contributed by atoms with van der Waals surface area (Å²) in [4.78, 5) is 18.1. The molecule has 17 heteroatoms. The van der Waals surface area contributed by atoms with Crippen LogP contribution in [0.15, 0.2) is 71.4 Å². The molecule has 3 aliphatic heterocycles. The Labute approximate surface area is 341 Å². The van der Waals surface area contributed by atoms with Crippen molar-refractivity contribution in [2.24, 2.45) is 5.41 Å². The Morgan fingerprint density at radius 3 is 2.19 bits per heavy atom. The van der Waals surface area contributed by atoms with Crippen LogP contribution in [0.3, 0.4) is 0 Å². The summed E-state index contributed by atoms with van der Waals surface area (Å²) < 4.78 is 110. The average Bonchev–Trinajstić information content (AvgIpc) is 3.30. The number of rotatable bonds is 13. The minimum absolute atomic E-state index is 0.111. The van der Waals surface area contributed by atoms with E-state index in [-0.39, 0.29) is 35.8 Å². The number of fused-ring (bicyclic) bond motifs is 3. The highest BCUT2D eigenvalue weighted by Crippen LogP contribution is 2.48. The van der Waals surface area contributed by atoms with E-state index in [1.165, 1.54) is 12.1 Å². The lowest BCUT2D eigenvalue weighted by atomic mass is 9.76. The van der Waals surface area contributed by atoms with Crippen molar-refractivity contribution in [3.63, 3.8) is 0 Å². The molecule has 0 radical (unpaired) electrons. The van der Waals surface area contributed by atoms with E-state index in [9.17, 15) is 38.9 Å². The zero-order chi connectivity index (χ0) is 43.6. The number of carbonyl (C=O) groups excluding carboxylic acids is 2. The molecule has 2 N–H and O–H groups in total. The highest BCUT2D eigenvalue weighted by Gasteiger charge is 2.47. The zero-order valence-corrected chi connectivity index (χ0v) is 36.5. The molecule has 0 saturated carbocycles. The standard InChI is InChI=1S/C40H52N2O10S3.CO2/c1-9-17-40(8)32-23-29(55(49,50)51)15-16-33(32)41(18-11-20-53(43,44)45)36(40)14-10-13-28-22-37(38(3,4)5)52-35-25-34-30(24-31(28)35)27(2)26-39(6,7)42(34)19-12-21-54(46,47)48;2-1-3/h10,13-16,22-26H,9,11-12,17-21H2,1-8H3,(H2-,43,44,45,46,47,48,49,50,51);. The molecule has 1 unspecified atom stereocenters. The van der Waals surface area contributed by atoms with Crippen LogP contribution in [0.5, 0.6) is 5.75 Å². The summed E-state index contributed by atoms with van der Waals surface area (Å²) in [6, 6.07) is 8.47. The van der Waals surface area contributed by atoms with Gasteiger partial charge < -0.3 is 14.2 Å². The van der Waals surface area contributed by atoms with E-state index < -0.39 is 52.8 Å². The number of hydrogen-bond donors (Lipinski definition) is 2. The number of ether oxygens (including phenoxy) is 1. The van der Waals surface area contributed by atoms with Crippen LogP contribution in [-0.2, 0) is 45.4 Å². The summed E-state index contributed by atoms with van der Waals surface area (Å²) in [5.41, 5.74) is 5.19. The quantitative estimate of drug-likeness (QED) is 0.159. The molecular formula is C41H52N2O12S3. The molecule has 0 amide bonds. The molecule has 2 aromatic rings. The monoisotopic (exact) mass is 860 g/mol. The maximum Gasteiger partial charge on any atom is 0.373 e. The summed E-state index contributed by atoms with van der Waals surface area (Å²) in [5, 5.41) is 0. The van der Waals surface area contributed by atoms with Gasteiger partial charge in [0.1, 0.15) is 18.1 Å². The minimum Gasteiger partial charge on any atom is -0.748 e. The van der Waals surface area contributed by atoms with Crippen LogP contribution in [0, 0.1) is 5.41 Å². The fourth-order valence-electron chi connectivity index (χ4n) is 7.94. The van der Waals surface area contributed by atoms with Gasteiger partial charge in [0.2, 0.25) is 5.69 Å². The maximum atomic E-state index is 12.2. The second-order valence-electron chi connectivity index (χ2n) is 16.5. The summed E-state index contributed by atoms with van der Waals surface area (Å²) in [6.45, 7) is 16.9. The van der Waals surface area contributed by atoms with Crippen molar-refractivity contribution in [1.29, 1.82) is 0 Å². The lowest BCUT2D eigenvalue weighted by Gasteiger charge is -2.44. The van der Waals surface area contributed by atoms with Gasteiger partial charge in [-0.25, -0.2) is 8.42 Å². The SMILES string of the molecule is CCCC1(C)C(C=CC=C2C=C(C(C)(C)C)Oc3cc4c(cc32)C(C)=CC(C)(C)N4CCCS(=O)(=O)[O-])=[N+](CCCS(=O)(=O)O)c2ccc(S(=O)(=O)O)cc21.O=C=O. The molecule has 0 aromatic heterocycles. The van der Waals surface area contributed by atoms with E-state index in [0.29, 0.717) is 30.0 Å². The Morgan fingerprint density at radius 2 is 1.62 bits per heavy atom. The first-order chi connectivity index (χ1) is 26.7. The molecular weight excluding hydrogens is 809 g/mol. The molecule has 0 aliphatic carbocycles. The predicted octanol–water partition coefficient (Wildman–Crippen LogP) is 6.68. The third kappa shape index (κ3) is 10.7. The molecule has 5 rings (SSSR count). The Balaban J connectivity index is 0.00000240. The molecule has 3 heterocycles. The first-order valence-corrected chi connectivity index (χ1v) is 23.4. The van der Waals surface area contributed by atoms with Crippen LogP contribution >= 0.6 is 0 Å². The third-order valence-electron chi connectivity index (χ3n) is 10.5. The van der Waals surface area contributed by atoms with E-state index >= 15 is 0 Å². The van der Waals surface area contributed by atoms with Crippen molar-refractivity contribution in [1.82, 2.24) is 0 Å². The van der Waals surface area contributed by atoms with E-state index in [1.807, 2.05) is 69.6 Å². The van der Waals surface area contributed by atoms with Crippen molar-refractivity contribution >= 4 is 64.7 Å². The van der Waals surface area contributed by atoms with Crippen molar-refractivity contribution in [3.05, 3.63) is 83.2 Å². The van der Waals surface area contributed by atoms with Crippen molar-refractivity contribution in [2.45, 2.75) is 96.9 Å². The number of allylic oxidation sites excluding steroid dienone is 7. The van der Waals surface area contributed by atoms with E-state index in [1.54, 1.807) is 6.07 Å². The average molecular weight is 861 g/mol. The molecule has 58 heavy (non-hydrogen) atoms. The largest absolute Gasteiger partial charge is 0.748 e. The van der Waals surface area contributed by atoms with Crippen LogP contribution in [0.2, 0.25) is 0 Å². The number of anilines is 1. The van der Waals surface area contributed by atoms with Gasteiger partial charge in [-0.3, -0.25) is 9.11 Å². The van der Waals surface area contributed by atoms with Crippen LogP contribution in [0.25, 0.3) is 11.1 Å². The first kappa shape index (κ1) is 46.5. The van der Waals surface area contributed by atoms with Gasteiger partial charge in [0.15, 0.2) is 5.71 Å². The lowest BCUT2D eigenvalue weighted by molar-refractivity contribution is -0.437. The molecule has 14 nitrogen and oxygen atoms in total. The Bertz CT molecular complexity index is 2480. The number of nitrogens with zero attached hydrogens (tertiary/aromatic N) is 2.